The van der Waals surface area contributed by atoms with Crippen LogP contribution in [0.2, 0.25) is 5.02 Å². The highest BCUT2D eigenvalue weighted by Crippen LogP contribution is 2.26. The van der Waals surface area contributed by atoms with E-state index < -0.39 is 0 Å². The average molecular weight is 342 g/mol. The second-order valence-electron chi connectivity index (χ2n) is 5.64. The van der Waals surface area contributed by atoms with E-state index in [0.717, 1.165) is 54.8 Å². The molecule has 1 aromatic carbocycles. The number of amides is 2. The van der Waals surface area contributed by atoms with Crippen molar-refractivity contribution in [3.05, 3.63) is 29.3 Å². The highest BCUT2D eigenvalue weighted by molar-refractivity contribution is 7.99. The van der Waals surface area contributed by atoms with Gasteiger partial charge >= 0.3 is 6.03 Å². The van der Waals surface area contributed by atoms with Crippen LogP contribution in [0.25, 0.3) is 0 Å². The third-order valence-electron chi connectivity index (χ3n) is 3.74. The Balaban J connectivity index is 1.63. The molecule has 0 radical (unpaired) electrons. The fraction of sp³-hybridized carbons (Fsp3) is 0.562. The van der Waals surface area contributed by atoms with Crippen LogP contribution in [0, 0.1) is 0 Å². The zero-order valence-corrected chi connectivity index (χ0v) is 14.9. The van der Waals surface area contributed by atoms with Crippen LogP contribution in [-0.2, 0) is 0 Å². The molecule has 122 valence electrons. The van der Waals surface area contributed by atoms with Crippen molar-refractivity contribution in [2.24, 2.45) is 0 Å². The molecule has 0 aromatic heterocycles. The highest BCUT2D eigenvalue weighted by Gasteiger charge is 2.21. The van der Waals surface area contributed by atoms with Crippen LogP contribution in [0.4, 0.5) is 4.79 Å². The molecular formula is C16H24ClN3OS. The fourth-order valence-electron chi connectivity index (χ4n) is 2.48. The topological polar surface area (TPSA) is 26.8 Å². The number of hydrogen-bond donors (Lipinski definition) is 0. The number of nitrogens with zero attached hydrogens (tertiary/aromatic N) is 3. The summed E-state index contributed by atoms with van der Waals surface area (Å²) < 4.78 is 0. The smallest absolute Gasteiger partial charge is 0.319 e. The van der Waals surface area contributed by atoms with Crippen LogP contribution < -0.4 is 0 Å². The number of carbonyl (C=O) groups is 1. The molecule has 1 aromatic rings. The van der Waals surface area contributed by atoms with Gasteiger partial charge in [-0.05, 0) is 30.9 Å². The van der Waals surface area contributed by atoms with Crippen LogP contribution in [0.5, 0.6) is 0 Å². The minimum absolute atomic E-state index is 0.119. The van der Waals surface area contributed by atoms with Gasteiger partial charge in [-0.15, -0.1) is 11.8 Å². The number of piperazine rings is 1. The summed E-state index contributed by atoms with van der Waals surface area (Å²) in [5.41, 5.74) is 0. The quantitative estimate of drug-likeness (QED) is 0.608. The molecule has 0 atom stereocenters. The summed E-state index contributed by atoms with van der Waals surface area (Å²) in [6.07, 6.45) is 1.14. The van der Waals surface area contributed by atoms with E-state index in [2.05, 4.69) is 11.0 Å². The van der Waals surface area contributed by atoms with Gasteiger partial charge in [-0.1, -0.05) is 23.7 Å². The Labute approximate surface area is 142 Å². The summed E-state index contributed by atoms with van der Waals surface area (Å²) in [6.45, 7) is 4.68. The molecule has 2 amide bonds. The van der Waals surface area contributed by atoms with Crippen LogP contribution in [0.3, 0.4) is 0 Å². The van der Waals surface area contributed by atoms with Crippen LogP contribution in [0.1, 0.15) is 6.42 Å². The summed E-state index contributed by atoms with van der Waals surface area (Å²) in [4.78, 5) is 19.0. The van der Waals surface area contributed by atoms with E-state index in [1.54, 1.807) is 19.0 Å². The van der Waals surface area contributed by atoms with Gasteiger partial charge in [-0.3, -0.25) is 4.90 Å². The first kappa shape index (κ1) is 17.4. The summed E-state index contributed by atoms with van der Waals surface area (Å²) in [6, 6.07) is 8.11. The van der Waals surface area contributed by atoms with Gasteiger partial charge in [0.05, 0.1) is 5.02 Å². The number of thioether (sulfide) groups is 1. The molecule has 0 aliphatic carbocycles. The standard InChI is InChI=1S/C16H24ClN3OS/c1-18(2)16(21)20-11-9-19(10-12-20)8-5-13-22-15-7-4-3-6-14(15)17/h3-4,6-7H,5,8-13H2,1-2H3. The predicted octanol–water partition coefficient (Wildman–Crippen LogP) is 3.12. The first-order valence-electron chi connectivity index (χ1n) is 7.64. The molecule has 0 saturated carbocycles. The van der Waals surface area contributed by atoms with E-state index in [0.29, 0.717) is 0 Å². The van der Waals surface area contributed by atoms with Crippen LogP contribution in [-0.4, -0.2) is 73.3 Å². The van der Waals surface area contributed by atoms with Crippen molar-refractivity contribution in [1.29, 1.82) is 0 Å². The third-order valence-corrected chi connectivity index (χ3v) is 5.34. The molecule has 6 heteroatoms. The lowest BCUT2D eigenvalue weighted by molar-refractivity contribution is 0.123. The maximum absolute atomic E-state index is 11.9. The van der Waals surface area contributed by atoms with E-state index >= 15 is 0 Å². The lowest BCUT2D eigenvalue weighted by Crippen LogP contribution is -2.51. The van der Waals surface area contributed by atoms with Gasteiger partial charge < -0.3 is 9.80 Å². The molecular weight excluding hydrogens is 318 g/mol. The molecule has 22 heavy (non-hydrogen) atoms. The fourth-order valence-corrected chi connectivity index (χ4v) is 3.65. The molecule has 1 aliphatic rings. The van der Waals surface area contributed by atoms with Gasteiger partial charge in [0.25, 0.3) is 0 Å². The molecule has 0 bridgehead atoms. The second kappa shape index (κ2) is 8.65. The van der Waals surface area contributed by atoms with Crippen molar-refractivity contribution in [1.82, 2.24) is 14.7 Å². The van der Waals surface area contributed by atoms with Crippen molar-refractivity contribution < 1.29 is 4.79 Å². The van der Waals surface area contributed by atoms with Gasteiger partial charge in [0.2, 0.25) is 0 Å². The van der Waals surface area contributed by atoms with Gasteiger partial charge in [0.1, 0.15) is 0 Å². The van der Waals surface area contributed by atoms with E-state index in [9.17, 15) is 4.79 Å². The van der Waals surface area contributed by atoms with Crippen molar-refractivity contribution in [3.63, 3.8) is 0 Å². The van der Waals surface area contributed by atoms with Crippen molar-refractivity contribution in [2.75, 3.05) is 52.6 Å². The third kappa shape index (κ3) is 5.07. The monoisotopic (exact) mass is 341 g/mol. The maximum Gasteiger partial charge on any atom is 0.319 e. The molecule has 1 heterocycles. The summed E-state index contributed by atoms with van der Waals surface area (Å²) in [7, 11) is 3.61. The van der Waals surface area contributed by atoms with E-state index in [1.165, 1.54) is 0 Å². The summed E-state index contributed by atoms with van der Waals surface area (Å²) in [5, 5.41) is 0.836. The number of urea groups is 1. The largest absolute Gasteiger partial charge is 0.331 e. The van der Waals surface area contributed by atoms with Gasteiger partial charge in [0.15, 0.2) is 0 Å². The van der Waals surface area contributed by atoms with E-state index in [1.807, 2.05) is 34.9 Å². The molecule has 1 aliphatic heterocycles. The number of hydrogen-bond acceptors (Lipinski definition) is 3. The second-order valence-corrected chi connectivity index (χ2v) is 7.18. The summed E-state index contributed by atoms with van der Waals surface area (Å²) >= 11 is 7.97. The Hall–Kier alpha value is -0.910. The normalized spacial score (nSPS) is 15.9. The van der Waals surface area contributed by atoms with Crippen molar-refractivity contribution in [3.8, 4) is 0 Å². The maximum atomic E-state index is 11.9. The van der Waals surface area contributed by atoms with Gasteiger partial charge in [-0.25, -0.2) is 4.79 Å². The molecule has 2 rings (SSSR count). The predicted molar refractivity (Wildman–Crippen MR) is 93.9 cm³/mol. The van der Waals surface area contributed by atoms with Gasteiger partial charge in [0, 0.05) is 45.2 Å². The number of halogens is 1. The average Bonchev–Trinajstić information content (AvgIpc) is 2.53. The Kier molecular flexibility index (Phi) is 6.86. The Morgan fingerprint density at radius 1 is 1.23 bits per heavy atom. The molecule has 1 saturated heterocycles. The van der Waals surface area contributed by atoms with Crippen molar-refractivity contribution in [2.45, 2.75) is 11.3 Å². The molecule has 4 nitrogen and oxygen atoms in total. The van der Waals surface area contributed by atoms with Crippen molar-refractivity contribution >= 4 is 29.4 Å². The molecule has 1 fully saturated rings. The highest BCUT2D eigenvalue weighted by atomic mass is 35.5. The molecule has 0 spiro atoms. The Morgan fingerprint density at radius 2 is 1.91 bits per heavy atom. The minimum Gasteiger partial charge on any atom is -0.331 e. The molecule has 0 unspecified atom stereocenters. The van der Waals surface area contributed by atoms with Gasteiger partial charge in [-0.2, -0.15) is 0 Å². The minimum atomic E-state index is 0.119. The Bertz CT molecular complexity index is 490. The number of rotatable bonds is 5. The molecule has 0 N–H and O–H groups in total. The Morgan fingerprint density at radius 3 is 2.55 bits per heavy atom. The van der Waals surface area contributed by atoms with E-state index in [-0.39, 0.29) is 6.03 Å². The first-order chi connectivity index (χ1) is 10.6. The lowest BCUT2D eigenvalue weighted by atomic mass is 10.3. The number of carbonyl (C=O) groups excluding carboxylic acids is 1. The number of benzene rings is 1. The zero-order chi connectivity index (χ0) is 15.9. The lowest BCUT2D eigenvalue weighted by Gasteiger charge is -2.35. The van der Waals surface area contributed by atoms with Crippen LogP contribution >= 0.6 is 23.4 Å². The summed E-state index contributed by atoms with van der Waals surface area (Å²) in [5.74, 6) is 1.07. The zero-order valence-electron chi connectivity index (χ0n) is 13.3. The first-order valence-corrected chi connectivity index (χ1v) is 9.00. The SMILES string of the molecule is CN(C)C(=O)N1CCN(CCCSc2ccccc2Cl)CC1. The van der Waals surface area contributed by atoms with E-state index in [4.69, 9.17) is 11.6 Å². The van der Waals surface area contributed by atoms with Crippen LogP contribution in [0.15, 0.2) is 29.2 Å².